The van der Waals surface area contributed by atoms with Crippen LogP contribution in [0.3, 0.4) is 0 Å². The molecule has 0 aromatic carbocycles. The molecule has 0 saturated heterocycles. The first-order valence-corrected chi connectivity index (χ1v) is 3.90. The molecule has 8 heavy (non-hydrogen) atoms. The minimum absolute atomic E-state index is 0.961. The molecule has 0 bridgehead atoms. The van der Waals surface area contributed by atoms with Gasteiger partial charge in [-0.1, -0.05) is 0 Å². The Bertz CT molecular complexity index is 167. The lowest BCUT2D eigenvalue weighted by atomic mass is 10.2. The molecule has 0 aliphatic heterocycles. The van der Waals surface area contributed by atoms with E-state index >= 15 is 0 Å². The second kappa shape index (κ2) is 1.95. The SMILES string of the molecule is Cc1c[pH]c(C)c1C. The van der Waals surface area contributed by atoms with Crippen molar-refractivity contribution in [3.63, 3.8) is 0 Å². The molecule has 1 unspecified atom stereocenters. The lowest BCUT2D eigenvalue weighted by Gasteiger charge is -1.87. The van der Waals surface area contributed by atoms with E-state index in [0.29, 0.717) is 0 Å². The molecule has 1 aromatic rings. The van der Waals surface area contributed by atoms with Crippen molar-refractivity contribution in [3.8, 4) is 0 Å². The first-order valence-electron chi connectivity index (χ1n) is 2.83. The van der Waals surface area contributed by atoms with E-state index in [-0.39, 0.29) is 0 Å². The summed E-state index contributed by atoms with van der Waals surface area (Å²) in [5.74, 6) is 2.31. The molecule has 0 nitrogen and oxygen atoms in total. The van der Waals surface area contributed by atoms with E-state index in [4.69, 9.17) is 0 Å². The summed E-state index contributed by atoms with van der Waals surface area (Å²) in [6.45, 7) is 6.58. The van der Waals surface area contributed by atoms with Crippen molar-refractivity contribution in [2.24, 2.45) is 0 Å². The average Bonchev–Trinajstić information content (AvgIpc) is 1.98. The van der Waals surface area contributed by atoms with Gasteiger partial charge in [0.15, 0.2) is 0 Å². The first kappa shape index (κ1) is 5.91. The number of rotatable bonds is 0. The zero-order valence-corrected chi connectivity index (χ0v) is 6.58. The van der Waals surface area contributed by atoms with Gasteiger partial charge in [0.25, 0.3) is 0 Å². The van der Waals surface area contributed by atoms with Gasteiger partial charge in [0.1, 0.15) is 0 Å². The molecule has 0 aliphatic rings. The topological polar surface area (TPSA) is 0 Å². The molecule has 0 spiro atoms. The fourth-order valence-corrected chi connectivity index (χ4v) is 1.79. The summed E-state index contributed by atoms with van der Waals surface area (Å²) in [6.07, 6.45) is 0. The highest BCUT2D eigenvalue weighted by Crippen LogP contribution is 2.23. The first-order chi connectivity index (χ1) is 3.72. The third kappa shape index (κ3) is 0.809. The Kier molecular flexibility index (Phi) is 1.44. The van der Waals surface area contributed by atoms with Crippen molar-refractivity contribution in [1.29, 1.82) is 0 Å². The molecule has 0 saturated carbocycles. The van der Waals surface area contributed by atoms with E-state index in [1.807, 2.05) is 0 Å². The van der Waals surface area contributed by atoms with Gasteiger partial charge in [0, 0.05) is 0 Å². The lowest BCUT2D eigenvalue weighted by molar-refractivity contribution is 1.35. The molecular formula is C7H11P. The van der Waals surface area contributed by atoms with Crippen LogP contribution in [0.5, 0.6) is 0 Å². The van der Waals surface area contributed by atoms with E-state index in [2.05, 4.69) is 26.6 Å². The largest absolute Gasteiger partial charge is 0.136 e. The highest BCUT2D eigenvalue weighted by atomic mass is 31.0. The van der Waals surface area contributed by atoms with E-state index in [9.17, 15) is 0 Å². The summed E-state index contributed by atoms with van der Waals surface area (Å²) in [4.78, 5) is 0. The van der Waals surface area contributed by atoms with Crippen LogP contribution in [0.25, 0.3) is 0 Å². The molecule has 1 heterocycles. The third-order valence-corrected chi connectivity index (χ3v) is 3.04. The summed E-state index contributed by atoms with van der Waals surface area (Å²) < 4.78 is 0. The third-order valence-electron chi connectivity index (χ3n) is 1.66. The van der Waals surface area contributed by atoms with Crippen LogP contribution in [0.1, 0.15) is 16.4 Å². The maximum Gasteiger partial charge on any atom is -0.0312 e. The molecule has 1 rings (SSSR count). The Balaban J connectivity index is 3.19. The minimum Gasteiger partial charge on any atom is -0.136 e. The van der Waals surface area contributed by atoms with E-state index in [1.54, 1.807) is 5.30 Å². The fraction of sp³-hybridized carbons (Fsp3) is 0.429. The standard InChI is InChI=1S/C7H11P/c1-5-4-8-7(3)6(5)2/h4,8H,1-3H3. The van der Waals surface area contributed by atoms with E-state index in [1.165, 1.54) is 11.1 Å². The van der Waals surface area contributed by atoms with Crippen LogP contribution in [0.2, 0.25) is 0 Å². The van der Waals surface area contributed by atoms with Gasteiger partial charge in [-0.2, -0.15) is 0 Å². The summed E-state index contributed by atoms with van der Waals surface area (Å²) in [6, 6.07) is 0. The van der Waals surface area contributed by atoms with Crippen molar-refractivity contribution in [1.82, 2.24) is 0 Å². The van der Waals surface area contributed by atoms with Gasteiger partial charge in [0.05, 0.1) is 0 Å². The molecule has 0 aliphatic carbocycles. The predicted molar refractivity (Wildman–Crippen MR) is 40.2 cm³/mol. The summed E-state index contributed by atoms with van der Waals surface area (Å²) >= 11 is 0. The molecule has 0 N–H and O–H groups in total. The second-order valence-electron chi connectivity index (χ2n) is 2.22. The Labute approximate surface area is 52.0 Å². The second-order valence-corrected chi connectivity index (χ2v) is 3.55. The highest BCUT2D eigenvalue weighted by molar-refractivity contribution is 7.30. The van der Waals surface area contributed by atoms with E-state index in [0.717, 1.165) is 8.19 Å². The van der Waals surface area contributed by atoms with Crippen molar-refractivity contribution in [2.45, 2.75) is 20.8 Å². The Hall–Kier alpha value is -0.220. The summed E-state index contributed by atoms with van der Waals surface area (Å²) in [5, 5.41) is 1.56. The highest BCUT2D eigenvalue weighted by Gasteiger charge is 1.94. The fourth-order valence-electron chi connectivity index (χ4n) is 0.729. The van der Waals surface area contributed by atoms with Crippen molar-refractivity contribution >= 4 is 8.19 Å². The molecule has 44 valence electrons. The monoisotopic (exact) mass is 126 g/mol. The van der Waals surface area contributed by atoms with Gasteiger partial charge < -0.3 is 0 Å². The zero-order valence-electron chi connectivity index (χ0n) is 5.58. The molecule has 0 amide bonds. The molecule has 1 aromatic heterocycles. The van der Waals surface area contributed by atoms with Crippen LogP contribution in [-0.2, 0) is 0 Å². The quantitative estimate of drug-likeness (QED) is 0.501. The smallest absolute Gasteiger partial charge is 0.0312 e. The summed E-state index contributed by atoms with van der Waals surface area (Å²) in [7, 11) is 0.961. The zero-order chi connectivity index (χ0) is 6.15. The Morgan fingerprint density at radius 1 is 1.25 bits per heavy atom. The van der Waals surface area contributed by atoms with Gasteiger partial charge in [-0.3, -0.25) is 0 Å². The molecular weight excluding hydrogens is 115 g/mol. The molecule has 1 heteroatoms. The van der Waals surface area contributed by atoms with Crippen molar-refractivity contribution < 1.29 is 0 Å². The summed E-state index contributed by atoms with van der Waals surface area (Å²) in [5.41, 5.74) is 2.98. The van der Waals surface area contributed by atoms with Gasteiger partial charge in [0.2, 0.25) is 0 Å². The minimum atomic E-state index is 0.961. The lowest BCUT2D eigenvalue weighted by Crippen LogP contribution is -1.70. The maximum atomic E-state index is 2.31. The van der Waals surface area contributed by atoms with Gasteiger partial charge in [-0.05, 0) is 43.0 Å². The molecule has 0 radical (unpaired) electrons. The average molecular weight is 126 g/mol. The Morgan fingerprint density at radius 3 is 2.00 bits per heavy atom. The number of aryl methyl sites for hydroxylation is 2. The van der Waals surface area contributed by atoms with Crippen LogP contribution in [0, 0.1) is 20.8 Å². The van der Waals surface area contributed by atoms with Gasteiger partial charge in [-0.25, -0.2) is 0 Å². The molecule has 0 fully saturated rings. The van der Waals surface area contributed by atoms with Crippen LogP contribution in [0.4, 0.5) is 0 Å². The van der Waals surface area contributed by atoms with Crippen LogP contribution in [-0.4, -0.2) is 0 Å². The Morgan fingerprint density at radius 2 is 1.88 bits per heavy atom. The maximum absolute atomic E-state index is 2.31. The van der Waals surface area contributed by atoms with Crippen LogP contribution < -0.4 is 0 Å². The number of hydrogen-bond acceptors (Lipinski definition) is 0. The van der Waals surface area contributed by atoms with E-state index < -0.39 is 0 Å². The van der Waals surface area contributed by atoms with Crippen LogP contribution >= 0.6 is 8.19 Å². The predicted octanol–water partition coefficient (Wildman–Crippen LogP) is 2.64. The van der Waals surface area contributed by atoms with Crippen LogP contribution in [0.15, 0.2) is 5.80 Å². The molecule has 1 atom stereocenters. The van der Waals surface area contributed by atoms with Gasteiger partial charge >= 0.3 is 0 Å². The van der Waals surface area contributed by atoms with Crippen molar-refractivity contribution in [3.05, 3.63) is 22.2 Å². The number of hydrogen-bond donors (Lipinski definition) is 0. The normalized spacial score (nSPS) is 10.9. The van der Waals surface area contributed by atoms with Crippen molar-refractivity contribution in [2.75, 3.05) is 0 Å². The van der Waals surface area contributed by atoms with Gasteiger partial charge in [-0.15, -0.1) is 8.19 Å².